The lowest BCUT2D eigenvalue weighted by atomic mass is 9.81. The summed E-state index contributed by atoms with van der Waals surface area (Å²) in [5.74, 6) is 0.824. The quantitative estimate of drug-likeness (QED) is 0.512. The minimum atomic E-state index is -0.322. The van der Waals surface area contributed by atoms with Crippen LogP contribution in [0, 0.1) is 19.8 Å². The molecule has 1 unspecified atom stereocenters. The highest BCUT2D eigenvalue weighted by Crippen LogP contribution is 2.44. The Kier molecular flexibility index (Phi) is 4.72. The number of aryl methyl sites for hydroxylation is 2. The van der Waals surface area contributed by atoms with Crippen LogP contribution >= 0.6 is 0 Å². The maximum Gasteiger partial charge on any atom is 0.323 e. The standard InChI is InChI=1S/C24H30O2/c1-14(2)10-18-12-19(24(5,6)7)13-20-21(23(25)26-22(18)20)17-9-8-15(3)16(4)11-17/h8-9,11-14,21H,10H2,1-7H3. The first kappa shape index (κ1) is 18.7. The molecule has 0 N–H and O–H groups in total. The van der Waals surface area contributed by atoms with Gasteiger partial charge >= 0.3 is 5.97 Å². The van der Waals surface area contributed by atoms with E-state index in [1.807, 2.05) is 0 Å². The molecule has 0 aromatic heterocycles. The average molecular weight is 351 g/mol. The lowest BCUT2D eigenvalue weighted by Gasteiger charge is -2.22. The zero-order chi connectivity index (χ0) is 19.2. The van der Waals surface area contributed by atoms with Gasteiger partial charge < -0.3 is 4.74 Å². The van der Waals surface area contributed by atoms with Crippen LogP contribution < -0.4 is 4.74 Å². The zero-order valence-electron chi connectivity index (χ0n) is 17.1. The van der Waals surface area contributed by atoms with Crippen LogP contribution in [0.15, 0.2) is 30.3 Å². The molecule has 0 radical (unpaired) electrons. The van der Waals surface area contributed by atoms with E-state index in [1.165, 1.54) is 16.7 Å². The van der Waals surface area contributed by atoms with E-state index in [2.05, 4.69) is 78.8 Å². The molecular weight excluding hydrogens is 320 g/mol. The van der Waals surface area contributed by atoms with Gasteiger partial charge in [-0.3, -0.25) is 4.79 Å². The van der Waals surface area contributed by atoms with Gasteiger partial charge in [-0.05, 0) is 59.4 Å². The number of hydrogen-bond donors (Lipinski definition) is 0. The minimum Gasteiger partial charge on any atom is -0.425 e. The summed E-state index contributed by atoms with van der Waals surface area (Å²) in [4.78, 5) is 12.8. The van der Waals surface area contributed by atoms with Crippen molar-refractivity contribution in [1.29, 1.82) is 0 Å². The van der Waals surface area contributed by atoms with E-state index in [0.717, 1.165) is 28.9 Å². The first-order chi connectivity index (χ1) is 12.1. The van der Waals surface area contributed by atoms with Crippen LogP contribution in [-0.2, 0) is 16.6 Å². The summed E-state index contributed by atoms with van der Waals surface area (Å²) >= 11 is 0. The first-order valence-corrected chi connectivity index (χ1v) is 9.54. The van der Waals surface area contributed by atoms with Crippen LogP contribution in [-0.4, -0.2) is 5.97 Å². The predicted octanol–water partition coefficient (Wildman–Crippen LogP) is 5.85. The number of fused-ring (bicyclic) bond motifs is 1. The molecule has 3 rings (SSSR count). The fourth-order valence-electron chi connectivity index (χ4n) is 3.62. The number of carbonyl (C=O) groups is 1. The van der Waals surface area contributed by atoms with Gasteiger partial charge in [-0.1, -0.05) is 65.0 Å². The third-order valence-electron chi connectivity index (χ3n) is 5.30. The molecule has 1 atom stereocenters. The molecule has 138 valence electrons. The number of carbonyl (C=O) groups excluding carboxylic acids is 1. The Balaban J connectivity index is 2.19. The lowest BCUT2D eigenvalue weighted by molar-refractivity contribution is -0.133. The SMILES string of the molecule is Cc1ccc(C2C(=O)Oc3c(CC(C)C)cc(C(C)(C)C)cc32)cc1C. The zero-order valence-corrected chi connectivity index (χ0v) is 17.1. The van der Waals surface area contributed by atoms with E-state index in [4.69, 9.17) is 4.74 Å². The van der Waals surface area contributed by atoms with Gasteiger partial charge in [0.1, 0.15) is 11.7 Å². The molecule has 1 heterocycles. The molecule has 2 aromatic rings. The molecule has 2 aromatic carbocycles. The summed E-state index contributed by atoms with van der Waals surface area (Å²) in [5.41, 5.74) is 6.95. The van der Waals surface area contributed by atoms with Crippen molar-refractivity contribution >= 4 is 5.97 Å². The third-order valence-corrected chi connectivity index (χ3v) is 5.30. The fraction of sp³-hybridized carbons (Fsp3) is 0.458. The fourth-order valence-corrected chi connectivity index (χ4v) is 3.62. The Morgan fingerprint density at radius 2 is 1.73 bits per heavy atom. The van der Waals surface area contributed by atoms with Crippen LogP contribution in [0.3, 0.4) is 0 Å². The minimum absolute atomic E-state index is 0.0279. The van der Waals surface area contributed by atoms with E-state index in [9.17, 15) is 4.79 Å². The van der Waals surface area contributed by atoms with E-state index >= 15 is 0 Å². The second-order valence-electron chi connectivity index (χ2n) is 9.10. The molecule has 0 aliphatic carbocycles. The topological polar surface area (TPSA) is 26.3 Å². The summed E-state index contributed by atoms with van der Waals surface area (Å²) in [6, 6.07) is 10.7. The first-order valence-electron chi connectivity index (χ1n) is 9.54. The van der Waals surface area contributed by atoms with Crippen molar-refractivity contribution < 1.29 is 9.53 Å². The van der Waals surface area contributed by atoms with Gasteiger partial charge in [0, 0.05) is 5.56 Å². The number of benzene rings is 2. The molecule has 2 heteroatoms. The maximum atomic E-state index is 12.8. The van der Waals surface area contributed by atoms with E-state index in [0.29, 0.717) is 5.92 Å². The van der Waals surface area contributed by atoms with Gasteiger partial charge in [-0.15, -0.1) is 0 Å². The summed E-state index contributed by atoms with van der Waals surface area (Å²) in [6.45, 7) is 15.2. The second-order valence-corrected chi connectivity index (χ2v) is 9.10. The number of rotatable bonds is 3. The monoisotopic (exact) mass is 350 g/mol. The molecule has 1 aliphatic rings. The largest absolute Gasteiger partial charge is 0.425 e. The molecule has 0 saturated heterocycles. The van der Waals surface area contributed by atoms with Crippen molar-refractivity contribution in [3.8, 4) is 5.75 Å². The van der Waals surface area contributed by atoms with Crippen molar-refractivity contribution in [3.63, 3.8) is 0 Å². The van der Waals surface area contributed by atoms with Gasteiger partial charge in [-0.25, -0.2) is 0 Å². The molecule has 1 aliphatic heterocycles. The van der Waals surface area contributed by atoms with Crippen LogP contribution in [0.25, 0.3) is 0 Å². The van der Waals surface area contributed by atoms with Crippen molar-refractivity contribution in [2.24, 2.45) is 5.92 Å². The van der Waals surface area contributed by atoms with E-state index in [1.54, 1.807) is 0 Å². The Morgan fingerprint density at radius 1 is 1.04 bits per heavy atom. The summed E-state index contributed by atoms with van der Waals surface area (Å²) < 4.78 is 5.80. The van der Waals surface area contributed by atoms with E-state index in [-0.39, 0.29) is 17.3 Å². The van der Waals surface area contributed by atoms with Crippen LogP contribution in [0.4, 0.5) is 0 Å². The average Bonchev–Trinajstić information content (AvgIpc) is 2.85. The van der Waals surface area contributed by atoms with Gasteiger partial charge in [0.15, 0.2) is 0 Å². The highest BCUT2D eigenvalue weighted by atomic mass is 16.5. The Hall–Kier alpha value is -2.09. The summed E-state index contributed by atoms with van der Waals surface area (Å²) in [5, 5.41) is 0. The normalized spacial score (nSPS) is 16.8. The van der Waals surface area contributed by atoms with E-state index < -0.39 is 0 Å². The van der Waals surface area contributed by atoms with Gasteiger partial charge in [0.25, 0.3) is 0 Å². The van der Waals surface area contributed by atoms with Crippen LogP contribution in [0.1, 0.15) is 73.9 Å². The van der Waals surface area contributed by atoms with Crippen molar-refractivity contribution in [2.75, 3.05) is 0 Å². The lowest BCUT2D eigenvalue weighted by Crippen LogP contribution is -2.14. The molecule has 26 heavy (non-hydrogen) atoms. The summed E-state index contributed by atoms with van der Waals surface area (Å²) in [6.07, 6.45) is 0.916. The summed E-state index contributed by atoms with van der Waals surface area (Å²) in [7, 11) is 0. The maximum absolute atomic E-state index is 12.8. The molecule has 0 spiro atoms. The van der Waals surface area contributed by atoms with Crippen LogP contribution in [0.2, 0.25) is 0 Å². The Morgan fingerprint density at radius 3 is 2.31 bits per heavy atom. The molecule has 0 bridgehead atoms. The molecule has 2 nitrogen and oxygen atoms in total. The smallest absolute Gasteiger partial charge is 0.323 e. The van der Waals surface area contributed by atoms with Crippen molar-refractivity contribution in [3.05, 3.63) is 63.7 Å². The van der Waals surface area contributed by atoms with Gasteiger partial charge in [0.05, 0.1) is 0 Å². The Labute approximate surface area is 157 Å². The molecule has 0 amide bonds. The van der Waals surface area contributed by atoms with Crippen molar-refractivity contribution in [1.82, 2.24) is 0 Å². The molecule has 0 fully saturated rings. The van der Waals surface area contributed by atoms with Crippen LogP contribution in [0.5, 0.6) is 5.75 Å². The number of ether oxygens (including phenoxy) is 1. The van der Waals surface area contributed by atoms with Gasteiger partial charge in [0.2, 0.25) is 0 Å². The third kappa shape index (κ3) is 3.42. The Bertz CT molecular complexity index is 853. The second kappa shape index (κ2) is 6.57. The molecule has 0 saturated carbocycles. The number of esters is 1. The molecular formula is C24H30O2. The highest BCUT2D eigenvalue weighted by Gasteiger charge is 2.37. The van der Waals surface area contributed by atoms with Crippen molar-refractivity contribution in [2.45, 2.75) is 66.2 Å². The highest BCUT2D eigenvalue weighted by molar-refractivity contribution is 5.90. The number of hydrogen-bond acceptors (Lipinski definition) is 2. The predicted molar refractivity (Wildman–Crippen MR) is 107 cm³/mol. The van der Waals surface area contributed by atoms with Gasteiger partial charge in [-0.2, -0.15) is 0 Å².